The molecule has 210 valence electrons. The van der Waals surface area contributed by atoms with Gasteiger partial charge in [-0.05, 0) is 48.7 Å². The molecule has 1 heterocycles. The predicted molar refractivity (Wildman–Crippen MR) is 148 cm³/mol. The third-order valence-electron chi connectivity index (χ3n) is 6.98. The fraction of sp³-hybridized carbons (Fsp3) is 0.300. The van der Waals surface area contributed by atoms with Crippen LogP contribution >= 0.6 is 0 Å². The van der Waals surface area contributed by atoms with Gasteiger partial charge in [0.2, 0.25) is 11.8 Å². The lowest BCUT2D eigenvalue weighted by Gasteiger charge is -2.32. The summed E-state index contributed by atoms with van der Waals surface area (Å²) in [5.41, 5.74) is 1.49. The van der Waals surface area contributed by atoms with Crippen molar-refractivity contribution >= 4 is 27.7 Å². The molecule has 3 aromatic carbocycles. The Labute approximate surface area is 233 Å². The average Bonchev–Trinajstić information content (AvgIpc) is 3.15. The van der Waals surface area contributed by atoms with Crippen molar-refractivity contribution in [1.29, 1.82) is 0 Å². The first-order chi connectivity index (χ1) is 19.1. The molecule has 8 nitrogen and oxygen atoms in total. The van der Waals surface area contributed by atoms with E-state index in [-0.39, 0.29) is 48.3 Å². The topological polar surface area (TPSA) is 104 Å². The maximum atomic E-state index is 13.8. The van der Waals surface area contributed by atoms with Gasteiger partial charge in [0.05, 0.1) is 5.56 Å². The van der Waals surface area contributed by atoms with Gasteiger partial charge in [-0.2, -0.15) is 0 Å². The number of fused-ring (bicyclic) bond motifs is 1. The quantitative estimate of drug-likeness (QED) is 0.380. The highest BCUT2D eigenvalue weighted by Gasteiger charge is 2.41. The van der Waals surface area contributed by atoms with Crippen LogP contribution in [0.2, 0.25) is 0 Å². The highest BCUT2D eigenvalue weighted by molar-refractivity contribution is 7.90. The van der Waals surface area contributed by atoms with Gasteiger partial charge in [-0.15, -0.1) is 0 Å². The molecule has 0 fully saturated rings. The second-order valence-corrected chi connectivity index (χ2v) is 11.6. The second kappa shape index (κ2) is 12.4. The molecule has 1 N–H and O–H groups in total. The number of halogens is 1. The fourth-order valence-electron chi connectivity index (χ4n) is 4.57. The van der Waals surface area contributed by atoms with Gasteiger partial charge >= 0.3 is 0 Å². The number of hydrogen-bond donors (Lipinski definition) is 1. The SMILES string of the molecule is CC[C@H](C)NC(=O)[C@H](Cc1ccccc1)N(Cc1ccc(F)cc1)C(=O)CCN1C(=O)c2ccccc2S1(=O)=O. The summed E-state index contributed by atoms with van der Waals surface area (Å²) in [6.07, 6.45) is 0.565. The lowest BCUT2D eigenvalue weighted by molar-refractivity contribution is -0.141. The van der Waals surface area contributed by atoms with Crippen LogP contribution in [-0.4, -0.2) is 54.0 Å². The van der Waals surface area contributed by atoms with Crippen LogP contribution in [0.4, 0.5) is 4.39 Å². The molecule has 0 bridgehead atoms. The van der Waals surface area contributed by atoms with Crippen LogP contribution < -0.4 is 5.32 Å². The van der Waals surface area contributed by atoms with E-state index < -0.39 is 33.7 Å². The van der Waals surface area contributed by atoms with Crippen molar-refractivity contribution in [2.45, 2.75) is 56.6 Å². The van der Waals surface area contributed by atoms with E-state index in [0.717, 1.165) is 5.56 Å². The van der Waals surface area contributed by atoms with E-state index in [2.05, 4.69) is 5.32 Å². The number of benzene rings is 3. The van der Waals surface area contributed by atoms with Crippen molar-refractivity contribution < 1.29 is 27.2 Å². The smallest absolute Gasteiger partial charge is 0.269 e. The average molecular weight is 566 g/mol. The van der Waals surface area contributed by atoms with E-state index >= 15 is 0 Å². The molecule has 0 radical (unpaired) electrons. The third-order valence-corrected chi connectivity index (χ3v) is 8.82. The van der Waals surface area contributed by atoms with Crippen molar-refractivity contribution in [2.75, 3.05) is 6.54 Å². The molecule has 40 heavy (non-hydrogen) atoms. The third kappa shape index (κ3) is 6.39. The van der Waals surface area contributed by atoms with Crippen molar-refractivity contribution in [2.24, 2.45) is 0 Å². The molecule has 1 aliphatic rings. The number of amides is 3. The van der Waals surface area contributed by atoms with Crippen LogP contribution in [0.3, 0.4) is 0 Å². The zero-order chi connectivity index (χ0) is 28.9. The van der Waals surface area contributed by atoms with E-state index in [1.165, 1.54) is 47.4 Å². The molecule has 0 saturated carbocycles. The van der Waals surface area contributed by atoms with Gasteiger partial charge in [0.15, 0.2) is 0 Å². The molecule has 1 aliphatic heterocycles. The van der Waals surface area contributed by atoms with E-state index in [0.29, 0.717) is 16.3 Å². The lowest BCUT2D eigenvalue weighted by Crippen LogP contribution is -2.52. The molecule has 0 aromatic heterocycles. The highest BCUT2D eigenvalue weighted by Crippen LogP contribution is 2.30. The molecule has 0 spiro atoms. The Morgan fingerprint density at radius 3 is 2.25 bits per heavy atom. The molecule has 4 rings (SSSR count). The molecule has 2 atom stereocenters. The summed E-state index contributed by atoms with van der Waals surface area (Å²) in [4.78, 5) is 41.5. The minimum absolute atomic E-state index is 0.00847. The number of carbonyl (C=O) groups is 3. The molecule has 0 unspecified atom stereocenters. The maximum absolute atomic E-state index is 13.8. The maximum Gasteiger partial charge on any atom is 0.269 e. The number of sulfonamides is 1. The molecule has 0 saturated heterocycles. The Kier molecular flexibility index (Phi) is 8.99. The van der Waals surface area contributed by atoms with Gasteiger partial charge in [0.25, 0.3) is 15.9 Å². The van der Waals surface area contributed by atoms with Crippen LogP contribution in [-0.2, 0) is 32.6 Å². The Morgan fingerprint density at radius 2 is 1.60 bits per heavy atom. The molecular formula is C30H32FN3O5S. The standard InChI is InChI=1S/C30H32FN3O5S/c1-3-21(2)32-29(36)26(19-22-9-5-4-6-10-22)33(20-23-13-15-24(31)16-14-23)28(35)17-18-34-30(37)25-11-7-8-12-27(25)40(34,38)39/h4-16,21,26H,3,17-20H2,1-2H3,(H,32,36)/t21-,26-/m0/s1. The Morgan fingerprint density at radius 1 is 0.950 bits per heavy atom. The van der Waals surface area contributed by atoms with Gasteiger partial charge in [-0.1, -0.05) is 61.5 Å². The Hall–Kier alpha value is -4.05. The lowest BCUT2D eigenvalue weighted by atomic mass is 10.0. The number of nitrogens with zero attached hydrogens (tertiary/aromatic N) is 2. The normalized spacial score (nSPS) is 15.3. The Bertz CT molecular complexity index is 1480. The predicted octanol–water partition coefficient (Wildman–Crippen LogP) is 3.92. The van der Waals surface area contributed by atoms with E-state index in [4.69, 9.17) is 0 Å². The number of rotatable bonds is 11. The summed E-state index contributed by atoms with van der Waals surface area (Å²) >= 11 is 0. The zero-order valence-corrected chi connectivity index (χ0v) is 23.2. The highest BCUT2D eigenvalue weighted by atomic mass is 32.2. The summed E-state index contributed by atoms with van der Waals surface area (Å²) in [5.74, 6) is -1.99. The van der Waals surface area contributed by atoms with Crippen molar-refractivity contribution in [3.63, 3.8) is 0 Å². The van der Waals surface area contributed by atoms with Gasteiger partial charge in [-0.25, -0.2) is 17.1 Å². The minimum atomic E-state index is -4.09. The summed E-state index contributed by atoms with van der Waals surface area (Å²) < 4.78 is 40.4. The fourth-order valence-corrected chi connectivity index (χ4v) is 6.14. The molecule has 0 aliphatic carbocycles. The van der Waals surface area contributed by atoms with Crippen LogP contribution in [0.25, 0.3) is 0 Å². The van der Waals surface area contributed by atoms with Crippen LogP contribution in [0.1, 0.15) is 48.2 Å². The number of hydrogen-bond acceptors (Lipinski definition) is 5. The number of carbonyl (C=O) groups excluding carboxylic acids is 3. The van der Waals surface area contributed by atoms with Crippen LogP contribution in [0, 0.1) is 5.82 Å². The molecular weight excluding hydrogens is 533 g/mol. The summed E-state index contributed by atoms with van der Waals surface area (Å²) in [5, 5.41) is 2.96. The van der Waals surface area contributed by atoms with Gasteiger partial charge in [-0.3, -0.25) is 14.4 Å². The number of nitrogens with one attached hydrogen (secondary N) is 1. The van der Waals surface area contributed by atoms with Crippen LogP contribution in [0.5, 0.6) is 0 Å². The van der Waals surface area contributed by atoms with Gasteiger partial charge < -0.3 is 10.2 Å². The molecule has 10 heteroatoms. The minimum Gasteiger partial charge on any atom is -0.352 e. The van der Waals surface area contributed by atoms with E-state index in [1.807, 2.05) is 44.2 Å². The summed E-state index contributed by atoms with van der Waals surface area (Å²) in [6.45, 7) is 3.42. The molecule has 3 amide bonds. The van der Waals surface area contributed by atoms with E-state index in [9.17, 15) is 27.2 Å². The van der Waals surface area contributed by atoms with Crippen molar-refractivity contribution in [1.82, 2.24) is 14.5 Å². The van der Waals surface area contributed by atoms with Gasteiger partial charge in [0.1, 0.15) is 16.8 Å². The van der Waals surface area contributed by atoms with Gasteiger partial charge in [0, 0.05) is 32.0 Å². The first kappa shape index (κ1) is 28.9. The van der Waals surface area contributed by atoms with Crippen molar-refractivity contribution in [3.8, 4) is 0 Å². The largest absolute Gasteiger partial charge is 0.352 e. The monoisotopic (exact) mass is 565 g/mol. The van der Waals surface area contributed by atoms with Crippen LogP contribution in [0.15, 0.2) is 83.8 Å². The summed E-state index contributed by atoms with van der Waals surface area (Å²) in [6, 6.07) is 19.7. The first-order valence-electron chi connectivity index (χ1n) is 13.2. The van der Waals surface area contributed by atoms with Crippen molar-refractivity contribution in [3.05, 3.63) is 101 Å². The molecule has 3 aromatic rings. The summed E-state index contributed by atoms with van der Waals surface area (Å²) in [7, 11) is -4.09. The first-order valence-corrected chi connectivity index (χ1v) is 14.6. The van der Waals surface area contributed by atoms with E-state index in [1.54, 1.807) is 6.07 Å². The second-order valence-electron chi connectivity index (χ2n) is 9.80. The Balaban J connectivity index is 1.64. The zero-order valence-electron chi connectivity index (χ0n) is 22.4.